The van der Waals surface area contributed by atoms with E-state index in [0.29, 0.717) is 29.9 Å². The smallest absolute Gasteiger partial charge is 0.287 e. The molecule has 0 aliphatic carbocycles. The molecule has 1 aliphatic rings. The standard InChI is InChI=1S/C26H27N5O4/c1-26(2,18-6-4-3-5-7-18)28-25(33)21-16-20-22(35-21)23(30-29-20)27-24(32)17-8-10-19(11-9-17)31-12-14-34-15-13-31/h3-11,16H,12-15H2,1-2H3,(H,28,33)(H2,27,29,30,32). The van der Waals surface area contributed by atoms with Crippen LogP contribution >= 0.6 is 0 Å². The minimum atomic E-state index is -0.596. The summed E-state index contributed by atoms with van der Waals surface area (Å²) in [7, 11) is 0. The van der Waals surface area contributed by atoms with Gasteiger partial charge < -0.3 is 24.7 Å². The van der Waals surface area contributed by atoms with Crippen molar-refractivity contribution in [3.05, 3.63) is 77.6 Å². The van der Waals surface area contributed by atoms with Crippen LogP contribution in [0.15, 0.2) is 65.1 Å². The first kappa shape index (κ1) is 22.7. The number of rotatable bonds is 6. The molecule has 3 heterocycles. The highest BCUT2D eigenvalue weighted by molar-refractivity contribution is 6.07. The highest BCUT2D eigenvalue weighted by Crippen LogP contribution is 2.27. The molecule has 2 aromatic carbocycles. The van der Waals surface area contributed by atoms with Gasteiger partial charge in [0.25, 0.3) is 11.8 Å². The van der Waals surface area contributed by atoms with Crippen molar-refractivity contribution in [2.24, 2.45) is 0 Å². The van der Waals surface area contributed by atoms with E-state index in [0.717, 1.165) is 24.3 Å². The van der Waals surface area contributed by atoms with Gasteiger partial charge in [0, 0.05) is 30.4 Å². The van der Waals surface area contributed by atoms with Gasteiger partial charge in [0.05, 0.1) is 18.8 Å². The van der Waals surface area contributed by atoms with Crippen molar-refractivity contribution in [1.29, 1.82) is 0 Å². The van der Waals surface area contributed by atoms with E-state index in [1.54, 1.807) is 18.2 Å². The third-order valence-corrected chi connectivity index (χ3v) is 6.12. The highest BCUT2D eigenvalue weighted by Gasteiger charge is 2.26. The summed E-state index contributed by atoms with van der Waals surface area (Å²) in [6.45, 7) is 6.90. The van der Waals surface area contributed by atoms with Crippen LogP contribution < -0.4 is 15.5 Å². The SMILES string of the molecule is CC(C)(NC(=O)c1cc2[nH]nc(NC(=O)c3ccc(N4CCOCC4)cc3)c2o1)c1ccccc1. The molecule has 0 atom stereocenters. The van der Waals surface area contributed by atoms with Crippen LogP contribution in [0.25, 0.3) is 11.1 Å². The van der Waals surface area contributed by atoms with Crippen LogP contribution in [0.4, 0.5) is 11.5 Å². The first-order chi connectivity index (χ1) is 16.9. The number of benzene rings is 2. The molecule has 1 fully saturated rings. The first-order valence-corrected chi connectivity index (χ1v) is 11.5. The van der Waals surface area contributed by atoms with Crippen LogP contribution in [-0.4, -0.2) is 48.3 Å². The fourth-order valence-electron chi connectivity index (χ4n) is 4.11. The maximum atomic E-state index is 12.9. The van der Waals surface area contributed by atoms with E-state index in [4.69, 9.17) is 9.15 Å². The zero-order chi connectivity index (χ0) is 24.4. The zero-order valence-electron chi connectivity index (χ0n) is 19.6. The Morgan fingerprint density at radius 2 is 1.71 bits per heavy atom. The lowest BCUT2D eigenvalue weighted by molar-refractivity contribution is 0.0885. The van der Waals surface area contributed by atoms with Crippen LogP contribution in [0.2, 0.25) is 0 Å². The van der Waals surface area contributed by atoms with E-state index in [1.165, 1.54) is 0 Å². The number of nitrogens with zero attached hydrogens (tertiary/aromatic N) is 2. The maximum absolute atomic E-state index is 12.9. The molecule has 4 aromatic rings. The quantitative estimate of drug-likeness (QED) is 0.391. The van der Waals surface area contributed by atoms with Gasteiger partial charge in [-0.1, -0.05) is 30.3 Å². The Bertz CT molecular complexity index is 1340. The fraction of sp³-hybridized carbons (Fsp3) is 0.269. The van der Waals surface area contributed by atoms with Crippen LogP contribution in [0.5, 0.6) is 0 Å². The molecule has 0 radical (unpaired) electrons. The molecule has 9 nitrogen and oxygen atoms in total. The molecule has 5 rings (SSSR count). The maximum Gasteiger partial charge on any atom is 0.287 e. The van der Waals surface area contributed by atoms with Crippen LogP contribution in [-0.2, 0) is 10.3 Å². The van der Waals surface area contributed by atoms with Gasteiger partial charge in [0.15, 0.2) is 17.2 Å². The zero-order valence-corrected chi connectivity index (χ0v) is 19.6. The second-order valence-corrected chi connectivity index (χ2v) is 8.97. The predicted molar refractivity (Wildman–Crippen MR) is 133 cm³/mol. The normalized spacial score (nSPS) is 14.2. The number of carbonyl (C=O) groups excluding carboxylic acids is 2. The number of morpholine rings is 1. The molecular weight excluding hydrogens is 446 g/mol. The minimum absolute atomic E-state index is 0.128. The number of hydrogen-bond acceptors (Lipinski definition) is 6. The monoisotopic (exact) mass is 473 g/mol. The summed E-state index contributed by atoms with van der Waals surface area (Å²) in [5.74, 6) is -0.328. The van der Waals surface area contributed by atoms with Crippen molar-refractivity contribution >= 4 is 34.4 Å². The van der Waals surface area contributed by atoms with Gasteiger partial charge in [0.1, 0.15) is 5.52 Å². The Morgan fingerprint density at radius 1 is 1.00 bits per heavy atom. The molecule has 9 heteroatoms. The molecule has 0 spiro atoms. The Balaban J connectivity index is 1.28. The lowest BCUT2D eigenvalue weighted by Gasteiger charge is -2.28. The highest BCUT2D eigenvalue weighted by atomic mass is 16.5. The van der Waals surface area contributed by atoms with Gasteiger partial charge in [-0.3, -0.25) is 14.7 Å². The summed E-state index contributed by atoms with van der Waals surface area (Å²) in [6.07, 6.45) is 0. The first-order valence-electron chi connectivity index (χ1n) is 11.5. The summed E-state index contributed by atoms with van der Waals surface area (Å²) < 4.78 is 11.2. The number of aromatic amines is 1. The average molecular weight is 474 g/mol. The van der Waals surface area contributed by atoms with Gasteiger partial charge >= 0.3 is 0 Å². The van der Waals surface area contributed by atoms with Crippen LogP contribution in [0.3, 0.4) is 0 Å². The van der Waals surface area contributed by atoms with E-state index in [9.17, 15) is 9.59 Å². The Morgan fingerprint density at radius 3 is 2.43 bits per heavy atom. The van der Waals surface area contributed by atoms with Crippen molar-refractivity contribution in [3.63, 3.8) is 0 Å². The van der Waals surface area contributed by atoms with Crippen molar-refractivity contribution < 1.29 is 18.7 Å². The number of hydrogen-bond donors (Lipinski definition) is 3. The number of aromatic nitrogens is 2. The van der Waals surface area contributed by atoms with Crippen molar-refractivity contribution in [2.75, 3.05) is 36.5 Å². The lowest BCUT2D eigenvalue weighted by Crippen LogP contribution is -2.40. The summed E-state index contributed by atoms with van der Waals surface area (Å²) in [4.78, 5) is 27.9. The third kappa shape index (κ3) is 4.76. The number of anilines is 2. The topological polar surface area (TPSA) is 112 Å². The number of carbonyl (C=O) groups is 2. The number of amides is 2. The predicted octanol–water partition coefficient (Wildman–Crippen LogP) is 3.91. The number of nitrogens with one attached hydrogen (secondary N) is 3. The fourth-order valence-corrected chi connectivity index (χ4v) is 4.11. The molecule has 0 unspecified atom stereocenters. The Hall–Kier alpha value is -4.11. The molecule has 2 aromatic heterocycles. The van der Waals surface area contributed by atoms with Gasteiger partial charge in [-0.2, -0.15) is 5.10 Å². The van der Waals surface area contributed by atoms with Crippen LogP contribution in [0.1, 0.15) is 40.3 Å². The second-order valence-electron chi connectivity index (χ2n) is 8.97. The third-order valence-electron chi connectivity index (χ3n) is 6.12. The molecule has 0 bridgehead atoms. The minimum Gasteiger partial charge on any atom is -0.445 e. The van der Waals surface area contributed by atoms with Gasteiger partial charge in [-0.25, -0.2) is 0 Å². The number of furan rings is 1. The number of H-pyrrole nitrogens is 1. The second kappa shape index (κ2) is 9.27. The van der Waals surface area contributed by atoms with Crippen molar-refractivity contribution in [1.82, 2.24) is 15.5 Å². The van der Waals surface area contributed by atoms with E-state index < -0.39 is 5.54 Å². The van der Waals surface area contributed by atoms with Gasteiger partial charge in [-0.15, -0.1) is 0 Å². The molecule has 35 heavy (non-hydrogen) atoms. The van der Waals surface area contributed by atoms with Crippen molar-refractivity contribution in [2.45, 2.75) is 19.4 Å². The summed E-state index contributed by atoms with van der Waals surface area (Å²) >= 11 is 0. The molecule has 180 valence electrons. The largest absolute Gasteiger partial charge is 0.445 e. The average Bonchev–Trinajstić information content (AvgIpc) is 3.47. The van der Waals surface area contributed by atoms with E-state index in [2.05, 4.69) is 25.7 Å². The Kier molecular flexibility index (Phi) is 6.00. The molecule has 3 N–H and O–H groups in total. The van der Waals surface area contributed by atoms with Gasteiger partial charge in [0.2, 0.25) is 0 Å². The Labute approximate surface area is 202 Å². The molecule has 1 aliphatic heterocycles. The summed E-state index contributed by atoms with van der Waals surface area (Å²) in [6, 6.07) is 18.7. The van der Waals surface area contributed by atoms with E-state index in [1.807, 2.05) is 56.3 Å². The molecule has 0 saturated carbocycles. The molecular formula is C26H27N5O4. The number of fused-ring (bicyclic) bond motifs is 1. The van der Waals surface area contributed by atoms with Crippen molar-refractivity contribution in [3.8, 4) is 0 Å². The van der Waals surface area contributed by atoms with Crippen LogP contribution in [0, 0.1) is 0 Å². The lowest BCUT2D eigenvalue weighted by atomic mass is 9.94. The summed E-state index contributed by atoms with van der Waals surface area (Å²) in [5, 5.41) is 12.7. The number of ether oxygens (including phenoxy) is 1. The molecule has 2 amide bonds. The molecule has 1 saturated heterocycles. The summed E-state index contributed by atoms with van der Waals surface area (Å²) in [5.41, 5.74) is 2.75. The van der Waals surface area contributed by atoms with Gasteiger partial charge in [-0.05, 0) is 43.7 Å². The van der Waals surface area contributed by atoms with E-state index in [-0.39, 0.29) is 23.4 Å². The van der Waals surface area contributed by atoms with E-state index >= 15 is 0 Å².